The van der Waals surface area contributed by atoms with E-state index in [0.717, 1.165) is 11.7 Å². The van der Waals surface area contributed by atoms with Crippen molar-refractivity contribution in [3.8, 4) is 0 Å². The Kier molecular flexibility index (Phi) is 5.50. The maximum absolute atomic E-state index is 8.55. The minimum absolute atomic E-state index is 0.368. The second-order valence-electron chi connectivity index (χ2n) is 2.90. The first-order valence-electron chi connectivity index (χ1n) is 4.32. The van der Waals surface area contributed by atoms with Crippen molar-refractivity contribution in [3.05, 3.63) is 0 Å². The van der Waals surface area contributed by atoms with Crippen LogP contribution in [0.15, 0.2) is 0 Å². The highest BCUT2D eigenvalue weighted by atomic mass is 33.1. The molecular formula is C8H16OS2. The summed E-state index contributed by atoms with van der Waals surface area (Å²) in [4.78, 5) is 0. The van der Waals surface area contributed by atoms with Crippen LogP contribution in [0.5, 0.6) is 0 Å². The van der Waals surface area contributed by atoms with Crippen molar-refractivity contribution in [2.45, 2.75) is 37.4 Å². The average molecular weight is 192 g/mol. The van der Waals surface area contributed by atoms with Gasteiger partial charge in [-0.05, 0) is 19.3 Å². The summed E-state index contributed by atoms with van der Waals surface area (Å²) >= 11 is 0. The van der Waals surface area contributed by atoms with Gasteiger partial charge in [-0.15, -0.1) is 0 Å². The van der Waals surface area contributed by atoms with E-state index in [0.29, 0.717) is 6.61 Å². The average Bonchev–Trinajstić information content (AvgIpc) is 2.50. The number of rotatable bonds is 5. The lowest BCUT2D eigenvalue weighted by Gasteiger charge is -2.05. The first-order valence-corrected chi connectivity index (χ1v) is 6.71. The highest BCUT2D eigenvalue weighted by molar-refractivity contribution is 8.77. The van der Waals surface area contributed by atoms with Crippen LogP contribution in [-0.4, -0.2) is 22.7 Å². The number of hydrogen-bond acceptors (Lipinski definition) is 3. The van der Waals surface area contributed by atoms with Gasteiger partial charge in [0.15, 0.2) is 0 Å². The van der Waals surface area contributed by atoms with E-state index in [1.807, 2.05) is 10.8 Å². The quantitative estimate of drug-likeness (QED) is 0.534. The molecule has 1 nitrogen and oxygen atoms in total. The van der Waals surface area contributed by atoms with E-state index in [4.69, 9.17) is 5.11 Å². The van der Waals surface area contributed by atoms with Gasteiger partial charge in [-0.1, -0.05) is 34.4 Å². The molecule has 0 aliphatic carbocycles. The van der Waals surface area contributed by atoms with Gasteiger partial charge in [0.25, 0.3) is 0 Å². The molecule has 1 aliphatic rings. The van der Waals surface area contributed by atoms with Gasteiger partial charge in [0.05, 0.1) is 0 Å². The lowest BCUT2D eigenvalue weighted by atomic mass is 10.1. The second kappa shape index (κ2) is 6.21. The van der Waals surface area contributed by atoms with Gasteiger partial charge >= 0.3 is 0 Å². The van der Waals surface area contributed by atoms with Crippen LogP contribution in [0.1, 0.15) is 32.1 Å². The van der Waals surface area contributed by atoms with Gasteiger partial charge < -0.3 is 5.11 Å². The third kappa shape index (κ3) is 4.28. The number of aliphatic hydroxyl groups is 1. The van der Waals surface area contributed by atoms with Crippen LogP contribution in [0.25, 0.3) is 0 Å². The smallest absolute Gasteiger partial charge is 0.0431 e. The van der Waals surface area contributed by atoms with E-state index < -0.39 is 0 Å². The Morgan fingerprint density at radius 1 is 1.27 bits per heavy atom. The predicted molar refractivity (Wildman–Crippen MR) is 54.0 cm³/mol. The molecule has 1 fully saturated rings. The SMILES string of the molecule is OCCCCCC1CCSS1. The van der Waals surface area contributed by atoms with E-state index in [1.54, 1.807) is 0 Å². The molecule has 0 amide bonds. The molecule has 0 bridgehead atoms. The first kappa shape index (κ1) is 9.75. The molecule has 1 unspecified atom stereocenters. The van der Waals surface area contributed by atoms with Crippen LogP contribution in [0.4, 0.5) is 0 Å². The lowest BCUT2D eigenvalue weighted by Crippen LogP contribution is -1.97. The molecule has 66 valence electrons. The zero-order chi connectivity index (χ0) is 7.94. The Balaban J connectivity index is 1.86. The van der Waals surface area contributed by atoms with Crippen LogP contribution >= 0.6 is 21.6 Å². The maximum Gasteiger partial charge on any atom is 0.0431 e. The second-order valence-corrected chi connectivity index (χ2v) is 5.69. The molecule has 0 aromatic carbocycles. The summed E-state index contributed by atoms with van der Waals surface area (Å²) in [6, 6.07) is 0. The predicted octanol–water partition coefficient (Wildman–Crippen LogP) is 2.69. The Bertz CT molecular complexity index is 92.1. The molecule has 1 aliphatic heterocycles. The number of unbranched alkanes of at least 4 members (excludes halogenated alkanes) is 2. The van der Waals surface area contributed by atoms with Crippen LogP contribution < -0.4 is 0 Å². The van der Waals surface area contributed by atoms with Crippen molar-refractivity contribution in [1.29, 1.82) is 0 Å². The molecule has 1 atom stereocenters. The van der Waals surface area contributed by atoms with Crippen molar-refractivity contribution in [2.24, 2.45) is 0 Å². The zero-order valence-corrected chi connectivity index (χ0v) is 8.42. The normalized spacial score (nSPS) is 24.3. The topological polar surface area (TPSA) is 20.2 Å². The molecule has 1 N–H and O–H groups in total. The summed E-state index contributed by atoms with van der Waals surface area (Å²) in [7, 11) is 4.07. The van der Waals surface area contributed by atoms with Gasteiger partial charge in [0, 0.05) is 17.6 Å². The van der Waals surface area contributed by atoms with Crippen molar-refractivity contribution in [1.82, 2.24) is 0 Å². The third-order valence-electron chi connectivity index (χ3n) is 1.91. The largest absolute Gasteiger partial charge is 0.396 e. The van der Waals surface area contributed by atoms with Crippen LogP contribution in [0.3, 0.4) is 0 Å². The van der Waals surface area contributed by atoms with Crippen LogP contribution in [-0.2, 0) is 0 Å². The minimum atomic E-state index is 0.368. The summed E-state index contributed by atoms with van der Waals surface area (Å²) in [5.74, 6) is 1.34. The molecular weight excluding hydrogens is 176 g/mol. The Morgan fingerprint density at radius 3 is 2.82 bits per heavy atom. The Morgan fingerprint density at radius 2 is 2.18 bits per heavy atom. The minimum Gasteiger partial charge on any atom is -0.396 e. The molecule has 1 rings (SSSR count). The van der Waals surface area contributed by atoms with E-state index in [2.05, 4.69) is 10.8 Å². The fourth-order valence-electron chi connectivity index (χ4n) is 1.23. The molecule has 1 heterocycles. The number of aliphatic hydroxyl groups excluding tert-OH is 1. The molecule has 3 heteroatoms. The molecule has 0 aromatic rings. The van der Waals surface area contributed by atoms with Crippen molar-refractivity contribution < 1.29 is 5.11 Å². The van der Waals surface area contributed by atoms with Crippen molar-refractivity contribution in [2.75, 3.05) is 12.4 Å². The Hall–Kier alpha value is 0.660. The highest BCUT2D eigenvalue weighted by Crippen LogP contribution is 2.39. The standard InChI is InChI=1S/C8H16OS2/c9-6-3-1-2-4-8-5-7-10-11-8/h8-9H,1-7H2. The molecule has 11 heavy (non-hydrogen) atoms. The fourth-order valence-corrected chi connectivity index (χ4v) is 4.25. The third-order valence-corrected chi connectivity index (χ3v) is 4.92. The highest BCUT2D eigenvalue weighted by Gasteiger charge is 2.15. The molecule has 1 saturated heterocycles. The van der Waals surface area contributed by atoms with E-state index >= 15 is 0 Å². The van der Waals surface area contributed by atoms with Crippen LogP contribution in [0.2, 0.25) is 0 Å². The monoisotopic (exact) mass is 192 g/mol. The molecule has 0 aromatic heterocycles. The maximum atomic E-state index is 8.55. The summed E-state index contributed by atoms with van der Waals surface area (Å²) in [5.41, 5.74) is 0. The van der Waals surface area contributed by atoms with E-state index in [1.165, 1.54) is 31.4 Å². The van der Waals surface area contributed by atoms with E-state index in [9.17, 15) is 0 Å². The lowest BCUT2D eigenvalue weighted by molar-refractivity contribution is 0.282. The van der Waals surface area contributed by atoms with Crippen LogP contribution in [0, 0.1) is 0 Å². The van der Waals surface area contributed by atoms with E-state index in [-0.39, 0.29) is 0 Å². The Labute approximate surface area is 76.7 Å². The molecule has 0 spiro atoms. The summed E-state index contributed by atoms with van der Waals surface area (Å²) in [5, 5.41) is 9.46. The zero-order valence-electron chi connectivity index (χ0n) is 6.79. The number of hydrogen-bond donors (Lipinski definition) is 1. The van der Waals surface area contributed by atoms with Crippen molar-refractivity contribution >= 4 is 21.6 Å². The van der Waals surface area contributed by atoms with Gasteiger partial charge in [0.1, 0.15) is 0 Å². The summed E-state index contributed by atoms with van der Waals surface area (Å²) in [6.07, 6.45) is 6.26. The van der Waals surface area contributed by atoms with Gasteiger partial charge in [-0.25, -0.2) is 0 Å². The van der Waals surface area contributed by atoms with Gasteiger partial charge in [0.2, 0.25) is 0 Å². The molecule has 0 radical (unpaired) electrons. The van der Waals surface area contributed by atoms with Crippen molar-refractivity contribution in [3.63, 3.8) is 0 Å². The summed E-state index contributed by atoms with van der Waals surface area (Å²) < 4.78 is 0. The molecule has 0 saturated carbocycles. The first-order chi connectivity index (χ1) is 5.43. The summed E-state index contributed by atoms with van der Waals surface area (Å²) in [6.45, 7) is 0.368. The fraction of sp³-hybridized carbons (Fsp3) is 1.00. The van der Waals surface area contributed by atoms with Gasteiger partial charge in [-0.3, -0.25) is 0 Å². The van der Waals surface area contributed by atoms with Gasteiger partial charge in [-0.2, -0.15) is 0 Å².